The molecule has 1 heterocycles. The second-order valence-corrected chi connectivity index (χ2v) is 3.45. The maximum absolute atomic E-state index is 9.00. The lowest BCUT2D eigenvalue weighted by Crippen LogP contribution is -2.32. The first-order valence-electron chi connectivity index (χ1n) is 4.74. The molecule has 7 heteroatoms. The second kappa shape index (κ2) is 4.04. The van der Waals surface area contributed by atoms with Gasteiger partial charge in [-0.1, -0.05) is 0 Å². The van der Waals surface area contributed by atoms with Crippen LogP contribution in [0, 0.1) is 0 Å². The zero-order valence-corrected chi connectivity index (χ0v) is 8.34. The molecule has 0 aromatic carbocycles. The van der Waals surface area contributed by atoms with E-state index in [9.17, 15) is 0 Å². The Morgan fingerprint density at radius 1 is 1.53 bits per heavy atom. The fraction of sp³-hybridized carbons (Fsp3) is 0.500. The molecule has 0 radical (unpaired) electrons. The van der Waals surface area contributed by atoms with Gasteiger partial charge in [0.05, 0.1) is 12.6 Å². The number of anilines is 1. The highest BCUT2D eigenvalue weighted by Gasteiger charge is 2.24. The van der Waals surface area contributed by atoms with Crippen molar-refractivity contribution in [2.24, 2.45) is 0 Å². The Balaban J connectivity index is 2.20. The van der Waals surface area contributed by atoms with Crippen LogP contribution in [0.3, 0.4) is 0 Å². The predicted molar refractivity (Wildman–Crippen MR) is 55.1 cm³/mol. The zero-order chi connectivity index (χ0) is 10.8. The normalized spacial score (nSPS) is 14.9. The molecule has 2 rings (SSSR count). The van der Waals surface area contributed by atoms with Crippen LogP contribution in [0.15, 0.2) is 6.20 Å². The quantitative estimate of drug-likeness (QED) is 0.536. The largest absolute Gasteiger partial charge is 0.495 e. The molecule has 1 aromatic heterocycles. The molecule has 3 N–H and O–H groups in total. The molecule has 0 unspecified atom stereocenters. The molecule has 1 aromatic rings. The van der Waals surface area contributed by atoms with Crippen LogP contribution in [-0.2, 0) is 0 Å². The molecule has 1 aliphatic carbocycles. The molecule has 0 saturated heterocycles. The first-order chi connectivity index (χ1) is 7.20. The number of ether oxygens (including phenoxy) is 1. The maximum Gasteiger partial charge on any atom is 0.495 e. The second-order valence-electron chi connectivity index (χ2n) is 3.45. The molecule has 15 heavy (non-hydrogen) atoms. The lowest BCUT2D eigenvalue weighted by molar-refractivity contribution is 0.390. The Bertz CT molecular complexity index is 357. The van der Waals surface area contributed by atoms with Gasteiger partial charge in [0.1, 0.15) is 0 Å². The minimum atomic E-state index is -1.62. The molecule has 1 aliphatic rings. The van der Waals surface area contributed by atoms with Crippen molar-refractivity contribution in [3.8, 4) is 5.88 Å². The monoisotopic (exact) mass is 209 g/mol. The van der Waals surface area contributed by atoms with E-state index in [1.807, 2.05) is 0 Å². The Kier molecular flexibility index (Phi) is 2.74. The van der Waals surface area contributed by atoms with Gasteiger partial charge in [0.2, 0.25) is 11.8 Å². The Labute approximate surface area is 87.5 Å². The summed E-state index contributed by atoms with van der Waals surface area (Å²) in [6, 6.07) is 0.444. The average molecular weight is 209 g/mol. The van der Waals surface area contributed by atoms with E-state index in [0.717, 1.165) is 12.8 Å². The third-order valence-electron chi connectivity index (χ3n) is 2.16. The van der Waals surface area contributed by atoms with Gasteiger partial charge in [-0.2, -0.15) is 4.98 Å². The van der Waals surface area contributed by atoms with Gasteiger partial charge in [0, 0.05) is 12.2 Å². The maximum atomic E-state index is 9.00. The van der Waals surface area contributed by atoms with Crippen LogP contribution in [0.4, 0.5) is 5.95 Å². The van der Waals surface area contributed by atoms with Crippen molar-refractivity contribution in [2.45, 2.75) is 18.9 Å². The smallest absolute Gasteiger partial charge is 0.481 e. The van der Waals surface area contributed by atoms with Crippen molar-refractivity contribution < 1.29 is 14.8 Å². The van der Waals surface area contributed by atoms with Crippen LogP contribution < -0.4 is 15.5 Å². The summed E-state index contributed by atoms with van der Waals surface area (Å²) in [6.07, 6.45) is 3.59. The van der Waals surface area contributed by atoms with E-state index < -0.39 is 7.12 Å². The van der Waals surface area contributed by atoms with Crippen molar-refractivity contribution in [2.75, 3.05) is 12.4 Å². The average Bonchev–Trinajstić information content (AvgIpc) is 3.01. The van der Waals surface area contributed by atoms with Gasteiger partial charge in [0.15, 0.2) is 0 Å². The van der Waals surface area contributed by atoms with E-state index in [4.69, 9.17) is 14.8 Å². The van der Waals surface area contributed by atoms with Gasteiger partial charge >= 0.3 is 7.12 Å². The van der Waals surface area contributed by atoms with Crippen molar-refractivity contribution in [3.05, 3.63) is 6.20 Å². The molecule has 1 fully saturated rings. The molecule has 0 spiro atoms. The van der Waals surface area contributed by atoms with Gasteiger partial charge in [-0.3, -0.25) is 0 Å². The highest BCUT2D eigenvalue weighted by Crippen LogP contribution is 2.23. The molecule has 1 saturated carbocycles. The van der Waals surface area contributed by atoms with Crippen LogP contribution >= 0.6 is 0 Å². The summed E-state index contributed by atoms with van der Waals surface area (Å²) in [5, 5.41) is 21.1. The number of nitrogens with zero attached hydrogens (tertiary/aromatic N) is 2. The van der Waals surface area contributed by atoms with Gasteiger partial charge in [-0.05, 0) is 12.8 Å². The van der Waals surface area contributed by atoms with Crippen LogP contribution in [0.5, 0.6) is 5.88 Å². The van der Waals surface area contributed by atoms with Crippen molar-refractivity contribution >= 4 is 18.5 Å². The van der Waals surface area contributed by atoms with Gasteiger partial charge < -0.3 is 20.1 Å². The number of aromatic nitrogens is 2. The van der Waals surface area contributed by atoms with Crippen molar-refractivity contribution in [3.63, 3.8) is 0 Å². The fourth-order valence-electron chi connectivity index (χ4n) is 1.20. The lowest BCUT2D eigenvalue weighted by Gasteiger charge is -2.08. The summed E-state index contributed by atoms with van der Waals surface area (Å²) in [7, 11) is -0.190. The van der Waals surface area contributed by atoms with E-state index in [1.165, 1.54) is 13.3 Å². The zero-order valence-electron chi connectivity index (χ0n) is 8.34. The standard InChI is InChI=1S/C8H12BN3O3/c1-15-7-6(9(13)14)4-10-8(12-7)11-5-2-3-5/h4-5,13-14H,2-3H2,1H3,(H,10,11,12). The summed E-state index contributed by atoms with van der Waals surface area (Å²) in [5.74, 6) is 0.641. The number of hydrogen-bond acceptors (Lipinski definition) is 6. The van der Waals surface area contributed by atoms with Crippen LogP contribution in [-0.4, -0.2) is 40.3 Å². The molecule has 0 amide bonds. The van der Waals surface area contributed by atoms with Crippen LogP contribution in [0.2, 0.25) is 0 Å². The molecule has 0 atom stereocenters. The number of rotatable bonds is 4. The minimum Gasteiger partial charge on any atom is -0.481 e. The van der Waals surface area contributed by atoms with E-state index >= 15 is 0 Å². The third-order valence-corrected chi connectivity index (χ3v) is 2.16. The molecule has 6 nitrogen and oxygen atoms in total. The van der Waals surface area contributed by atoms with E-state index in [-0.39, 0.29) is 11.3 Å². The molecular formula is C8H12BN3O3. The number of nitrogens with one attached hydrogen (secondary N) is 1. The van der Waals surface area contributed by atoms with Gasteiger partial charge in [0.25, 0.3) is 0 Å². The summed E-state index contributed by atoms with van der Waals surface area (Å²) in [4.78, 5) is 7.99. The summed E-state index contributed by atoms with van der Waals surface area (Å²) < 4.78 is 4.94. The Morgan fingerprint density at radius 3 is 2.80 bits per heavy atom. The van der Waals surface area contributed by atoms with Crippen molar-refractivity contribution in [1.82, 2.24) is 9.97 Å². The molecule has 0 aliphatic heterocycles. The summed E-state index contributed by atoms with van der Waals surface area (Å²) in [5.41, 5.74) is 0.166. The van der Waals surface area contributed by atoms with E-state index in [1.54, 1.807) is 0 Å². The van der Waals surface area contributed by atoms with Crippen LogP contribution in [0.1, 0.15) is 12.8 Å². The van der Waals surface area contributed by atoms with E-state index in [0.29, 0.717) is 12.0 Å². The van der Waals surface area contributed by atoms with Gasteiger partial charge in [-0.15, -0.1) is 0 Å². The van der Waals surface area contributed by atoms with E-state index in [2.05, 4.69) is 15.3 Å². The number of methoxy groups -OCH3 is 1. The van der Waals surface area contributed by atoms with Crippen molar-refractivity contribution in [1.29, 1.82) is 0 Å². The topological polar surface area (TPSA) is 87.5 Å². The molecule has 80 valence electrons. The van der Waals surface area contributed by atoms with Crippen LogP contribution in [0.25, 0.3) is 0 Å². The molecule has 0 bridgehead atoms. The first-order valence-corrected chi connectivity index (χ1v) is 4.74. The number of hydrogen-bond donors (Lipinski definition) is 3. The first kappa shape index (κ1) is 10.2. The lowest BCUT2D eigenvalue weighted by atomic mass is 9.82. The SMILES string of the molecule is COc1nc(NC2CC2)ncc1B(O)O. The minimum absolute atomic E-state index is 0.166. The highest BCUT2D eigenvalue weighted by molar-refractivity contribution is 6.59. The highest BCUT2D eigenvalue weighted by atomic mass is 16.5. The third kappa shape index (κ3) is 2.37. The summed E-state index contributed by atoms with van der Waals surface area (Å²) >= 11 is 0. The van der Waals surface area contributed by atoms with Gasteiger partial charge in [-0.25, -0.2) is 4.98 Å². The summed E-state index contributed by atoms with van der Waals surface area (Å²) in [6.45, 7) is 0. The Hall–Kier alpha value is -1.34. The fourth-order valence-corrected chi connectivity index (χ4v) is 1.20. The Morgan fingerprint density at radius 2 is 2.27 bits per heavy atom. The predicted octanol–water partition coefficient (Wildman–Crippen LogP) is -1.26. The molecular weight excluding hydrogens is 197 g/mol.